The van der Waals surface area contributed by atoms with Crippen LogP contribution in [0.3, 0.4) is 0 Å². The van der Waals surface area contributed by atoms with Crippen LogP contribution in [0, 0.1) is 11.3 Å². The van der Waals surface area contributed by atoms with E-state index in [1.54, 1.807) is 4.90 Å². The van der Waals surface area contributed by atoms with Gasteiger partial charge in [-0.1, -0.05) is 0 Å². The molecular formula is C27H38N4O4. The fraction of sp³-hybridized carbons (Fsp3) is 0.667. The van der Waals surface area contributed by atoms with E-state index in [4.69, 9.17) is 4.74 Å². The highest BCUT2D eigenvalue weighted by atomic mass is 16.6. The summed E-state index contributed by atoms with van der Waals surface area (Å²) in [5, 5.41) is 3.23. The monoisotopic (exact) mass is 482 g/mol. The first-order valence-electron chi connectivity index (χ1n) is 13.4. The summed E-state index contributed by atoms with van der Waals surface area (Å²) in [6.45, 7) is 7.07. The van der Waals surface area contributed by atoms with E-state index in [2.05, 4.69) is 22.3 Å². The highest BCUT2D eigenvalue weighted by Gasteiger charge is 2.58. The zero-order valence-corrected chi connectivity index (χ0v) is 20.8. The molecule has 3 amide bonds. The first-order chi connectivity index (χ1) is 17.0. The number of nitrogens with zero attached hydrogens (tertiary/aromatic N) is 3. The molecule has 0 unspecified atom stereocenters. The molecule has 4 aliphatic rings. The van der Waals surface area contributed by atoms with Gasteiger partial charge in [0, 0.05) is 62.5 Å². The van der Waals surface area contributed by atoms with Gasteiger partial charge in [0.15, 0.2) is 0 Å². The van der Waals surface area contributed by atoms with Crippen molar-refractivity contribution in [2.45, 2.75) is 57.9 Å². The van der Waals surface area contributed by atoms with Gasteiger partial charge < -0.3 is 24.8 Å². The van der Waals surface area contributed by atoms with Crippen LogP contribution in [-0.2, 0) is 9.53 Å². The Hall–Kier alpha value is -2.77. The van der Waals surface area contributed by atoms with E-state index in [1.807, 2.05) is 24.0 Å². The molecule has 0 bridgehead atoms. The zero-order chi connectivity index (χ0) is 24.4. The maximum atomic E-state index is 13.1. The molecule has 1 atom stereocenters. The predicted molar refractivity (Wildman–Crippen MR) is 133 cm³/mol. The minimum atomic E-state index is -0.262. The predicted octanol–water partition coefficient (Wildman–Crippen LogP) is 3.27. The van der Waals surface area contributed by atoms with Crippen LogP contribution in [0.1, 0.15) is 62.2 Å². The normalized spacial score (nSPS) is 23.9. The van der Waals surface area contributed by atoms with Crippen molar-refractivity contribution < 1.29 is 19.1 Å². The number of piperidine rings is 2. The van der Waals surface area contributed by atoms with Crippen molar-refractivity contribution in [1.29, 1.82) is 0 Å². The molecule has 4 fully saturated rings. The van der Waals surface area contributed by atoms with Gasteiger partial charge in [0.2, 0.25) is 5.91 Å². The molecule has 1 saturated carbocycles. The number of anilines is 1. The molecule has 3 saturated heterocycles. The van der Waals surface area contributed by atoms with Crippen molar-refractivity contribution >= 4 is 23.6 Å². The third kappa shape index (κ3) is 5.11. The Morgan fingerprint density at radius 2 is 1.60 bits per heavy atom. The highest BCUT2D eigenvalue weighted by Crippen LogP contribution is 2.59. The number of carbonyl (C=O) groups excluding carboxylic acids is 3. The standard InChI is InChI=1S/C27H38N4O4/c1-2-35-26(34)31-15-9-21(10-16-31)28-24(32)23-19-27(23)11-17-30(18-12-27)25(33)20-5-7-22(8-6-20)29-13-3-4-14-29/h5-8,21,23H,2-4,9-19H2,1H3,(H,28,32)/t23-/m1/s1. The molecule has 8 heteroatoms. The second-order valence-electron chi connectivity index (χ2n) is 10.6. The van der Waals surface area contributed by atoms with Crippen LogP contribution in [0.25, 0.3) is 0 Å². The molecule has 0 radical (unpaired) electrons. The number of rotatable bonds is 5. The van der Waals surface area contributed by atoms with Crippen LogP contribution in [0.5, 0.6) is 0 Å². The van der Waals surface area contributed by atoms with Gasteiger partial charge in [-0.05, 0) is 81.5 Å². The third-order valence-electron chi connectivity index (χ3n) is 8.51. The third-order valence-corrected chi connectivity index (χ3v) is 8.51. The Morgan fingerprint density at radius 3 is 2.23 bits per heavy atom. The van der Waals surface area contributed by atoms with Crippen LogP contribution < -0.4 is 10.2 Å². The number of amides is 3. The lowest BCUT2D eigenvalue weighted by atomic mass is 9.90. The van der Waals surface area contributed by atoms with Crippen LogP contribution in [-0.4, -0.2) is 79.6 Å². The average molecular weight is 483 g/mol. The maximum absolute atomic E-state index is 13.1. The molecule has 5 rings (SSSR count). The maximum Gasteiger partial charge on any atom is 0.409 e. The molecule has 1 N–H and O–H groups in total. The SMILES string of the molecule is CCOC(=O)N1CCC(NC(=O)[C@H]2CC23CCN(C(=O)c2ccc(N4CCCC4)cc2)CC3)CC1. The number of hydrogen-bond donors (Lipinski definition) is 1. The van der Waals surface area contributed by atoms with E-state index in [9.17, 15) is 14.4 Å². The molecular weight excluding hydrogens is 444 g/mol. The van der Waals surface area contributed by atoms with Gasteiger partial charge in [0.1, 0.15) is 0 Å². The Balaban J connectivity index is 1.07. The minimum absolute atomic E-state index is 0.0579. The number of hydrogen-bond acceptors (Lipinski definition) is 5. The zero-order valence-electron chi connectivity index (χ0n) is 20.8. The summed E-state index contributed by atoms with van der Waals surface area (Å²) in [6.07, 6.45) is 6.46. The van der Waals surface area contributed by atoms with Gasteiger partial charge in [-0.2, -0.15) is 0 Å². The summed E-state index contributed by atoms with van der Waals surface area (Å²) >= 11 is 0. The summed E-state index contributed by atoms with van der Waals surface area (Å²) in [5.41, 5.74) is 2.02. The van der Waals surface area contributed by atoms with Crippen LogP contribution >= 0.6 is 0 Å². The smallest absolute Gasteiger partial charge is 0.409 e. The highest BCUT2D eigenvalue weighted by molar-refractivity contribution is 5.94. The first-order valence-corrected chi connectivity index (χ1v) is 13.4. The lowest BCUT2D eigenvalue weighted by molar-refractivity contribution is -0.124. The molecule has 1 spiro atoms. The molecule has 1 aromatic carbocycles. The number of ether oxygens (including phenoxy) is 1. The van der Waals surface area contributed by atoms with E-state index in [1.165, 1.54) is 18.5 Å². The van der Waals surface area contributed by atoms with Crippen LogP contribution in [0.15, 0.2) is 24.3 Å². The van der Waals surface area contributed by atoms with Gasteiger partial charge in [-0.3, -0.25) is 9.59 Å². The van der Waals surface area contributed by atoms with Gasteiger partial charge in [0.05, 0.1) is 6.61 Å². The molecule has 190 valence electrons. The van der Waals surface area contributed by atoms with E-state index >= 15 is 0 Å². The minimum Gasteiger partial charge on any atom is -0.450 e. The average Bonchev–Trinajstić information content (AvgIpc) is 3.30. The van der Waals surface area contributed by atoms with Gasteiger partial charge in [0.25, 0.3) is 5.91 Å². The Bertz CT molecular complexity index is 927. The second kappa shape index (κ2) is 10.1. The van der Waals surface area contributed by atoms with Crippen molar-refractivity contribution in [1.82, 2.24) is 15.1 Å². The Kier molecular flexibility index (Phi) is 6.89. The van der Waals surface area contributed by atoms with E-state index in [0.717, 1.165) is 50.8 Å². The molecule has 3 aliphatic heterocycles. The molecule has 0 aromatic heterocycles. The van der Waals surface area contributed by atoms with Crippen molar-refractivity contribution in [3.63, 3.8) is 0 Å². The summed E-state index contributed by atoms with van der Waals surface area (Å²) < 4.78 is 5.07. The van der Waals surface area contributed by atoms with Gasteiger partial charge in [-0.25, -0.2) is 4.79 Å². The Labute approximate surface area is 207 Å². The van der Waals surface area contributed by atoms with Crippen molar-refractivity contribution in [2.75, 3.05) is 50.8 Å². The largest absolute Gasteiger partial charge is 0.450 e. The number of carbonyl (C=O) groups is 3. The fourth-order valence-electron chi connectivity index (χ4n) is 6.12. The van der Waals surface area contributed by atoms with E-state index in [0.29, 0.717) is 32.8 Å². The summed E-state index contributed by atoms with van der Waals surface area (Å²) in [4.78, 5) is 43.9. The number of benzene rings is 1. The molecule has 1 aliphatic carbocycles. The molecule has 8 nitrogen and oxygen atoms in total. The van der Waals surface area contributed by atoms with E-state index < -0.39 is 0 Å². The lowest BCUT2D eigenvalue weighted by Gasteiger charge is -2.34. The summed E-state index contributed by atoms with van der Waals surface area (Å²) in [5.74, 6) is 0.308. The summed E-state index contributed by atoms with van der Waals surface area (Å²) in [7, 11) is 0. The van der Waals surface area contributed by atoms with Crippen LogP contribution in [0.4, 0.5) is 10.5 Å². The topological polar surface area (TPSA) is 82.2 Å². The van der Waals surface area contributed by atoms with Gasteiger partial charge in [-0.15, -0.1) is 0 Å². The number of nitrogens with one attached hydrogen (secondary N) is 1. The fourth-order valence-corrected chi connectivity index (χ4v) is 6.12. The second-order valence-corrected chi connectivity index (χ2v) is 10.6. The summed E-state index contributed by atoms with van der Waals surface area (Å²) in [6, 6.07) is 8.18. The lowest BCUT2D eigenvalue weighted by Crippen LogP contribution is -2.47. The number of likely N-dealkylation sites (tertiary alicyclic amines) is 2. The van der Waals surface area contributed by atoms with E-state index in [-0.39, 0.29) is 35.3 Å². The van der Waals surface area contributed by atoms with Crippen molar-refractivity contribution in [2.24, 2.45) is 11.3 Å². The van der Waals surface area contributed by atoms with Crippen molar-refractivity contribution in [3.8, 4) is 0 Å². The molecule has 35 heavy (non-hydrogen) atoms. The van der Waals surface area contributed by atoms with Crippen LogP contribution in [0.2, 0.25) is 0 Å². The molecule has 3 heterocycles. The van der Waals surface area contributed by atoms with Gasteiger partial charge >= 0.3 is 6.09 Å². The Morgan fingerprint density at radius 1 is 0.943 bits per heavy atom. The molecule has 1 aromatic rings. The first kappa shape index (κ1) is 23.9. The van der Waals surface area contributed by atoms with Crippen molar-refractivity contribution in [3.05, 3.63) is 29.8 Å². The quantitative estimate of drug-likeness (QED) is 0.697.